The molecule has 1 aromatic carbocycles. The summed E-state index contributed by atoms with van der Waals surface area (Å²) in [5, 5.41) is 0. The number of rotatable bonds is 5. The van der Waals surface area contributed by atoms with Crippen molar-refractivity contribution >= 4 is 5.78 Å². The van der Waals surface area contributed by atoms with E-state index in [0.29, 0.717) is 5.56 Å². The quantitative estimate of drug-likeness (QED) is 0.737. The van der Waals surface area contributed by atoms with Gasteiger partial charge < -0.3 is 9.47 Å². The number of hydrogen-bond acceptors (Lipinski definition) is 3. The zero-order valence-corrected chi connectivity index (χ0v) is 11.2. The van der Waals surface area contributed by atoms with Crippen molar-refractivity contribution in [3.8, 4) is 5.75 Å². The second kappa shape index (κ2) is 5.82. The Hall–Kier alpha value is -1.35. The summed E-state index contributed by atoms with van der Waals surface area (Å²) in [4.78, 5) is 12.0. The first-order chi connectivity index (χ1) is 7.95. The van der Waals surface area contributed by atoms with Crippen molar-refractivity contribution in [1.29, 1.82) is 0 Å². The molecule has 0 radical (unpaired) electrons. The molecule has 3 heteroatoms. The average molecular weight is 236 g/mol. The van der Waals surface area contributed by atoms with Crippen LogP contribution in [0.25, 0.3) is 0 Å². The molecule has 1 aromatic rings. The van der Waals surface area contributed by atoms with Crippen LogP contribution in [-0.2, 0) is 4.74 Å². The third-order valence-electron chi connectivity index (χ3n) is 2.59. The van der Waals surface area contributed by atoms with Crippen LogP contribution in [0.3, 0.4) is 0 Å². The Balaban J connectivity index is 2.91. The topological polar surface area (TPSA) is 35.5 Å². The van der Waals surface area contributed by atoms with Crippen LogP contribution in [0.2, 0.25) is 0 Å². The molecule has 0 fully saturated rings. The van der Waals surface area contributed by atoms with Gasteiger partial charge in [-0.1, -0.05) is 0 Å². The predicted molar refractivity (Wildman–Crippen MR) is 67.9 cm³/mol. The number of ketones is 1. The summed E-state index contributed by atoms with van der Waals surface area (Å²) < 4.78 is 10.5. The first-order valence-corrected chi connectivity index (χ1v) is 5.75. The maximum Gasteiger partial charge on any atom is 0.188 e. The summed E-state index contributed by atoms with van der Waals surface area (Å²) in [6.07, 6.45) is 0.0681. The molecule has 0 amide bonds. The van der Waals surface area contributed by atoms with Crippen LogP contribution < -0.4 is 4.74 Å². The number of carbonyl (C=O) groups excluding carboxylic acids is 1. The summed E-state index contributed by atoms with van der Waals surface area (Å²) in [7, 11) is 1.63. The molecule has 3 nitrogen and oxygen atoms in total. The van der Waals surface area contributed by atoms with Gasteiger partial charge in [0.15, 0.2) is 5.78 Å². The normalized spacial score (nSPS) is 10.7. The van der Waals surface area contributed by atoms with Crippen LogP contribution in [0.15, 0.2) is 12.1 Å². The Labute approximate surface area is 103 Å². The number of benzene rings is 1. The molecule has 0 bridgehead atoms. The van der Waals surface area contributed by atoms with E-state index >= 15 is 0 Å². The van der Waals surface area contributed by atoms with E-state index in [1.54, 1.807) is 7.11 Å². The molecule has 94 valence electrons. The van der Waals surface area contributed by atoms with Gasteiger partial charge in [0.1, 0.15) is 12.4 Å². The van der Waals surface area contributed by atoms with Gasteiger partial charge in [0.2, 0.25) is 0 Å². The summed E-state index contributed by atoms with van der Waals surface area (Å²) in [6, 6.07) is 3.75. The monoisotopic (exact) mass is 236 g/mol. The fourth-order valence-corrected chi connectivity index (χ4v) is 1.63. The predicted octanol–water partition coefficient (Wildman–Crippen LogP) is 2.92. The maximum absolute atomic E-state index is 12.0. The van der Waals surface area contributed by atoms with Gasteiger partial charge in [-0.15, -0.1) is 0 Å². The third-order valence-corrected chi connectivity index (χ3v) is 2.59. The molecule has 0 spiro atoms. The van der Waals surface area contributed by atoms with Crippen molar-refractivity contribution in [2.75, 3.05) is 13.7 Å². The van der Waals surface area contributed by atoms with Crippen molar-refractivity contribution < 1.29 is 14.3 Å². The minimum absolute atomic E-state index is 0.0157. The van der Waals surface area contributed by atoms with Crippen LogP contribution >= 0.6 is 0 Å². The lowest BCUT2D eigenvalue weighted by atomic mass is 10.0. The summed E-state index contributed by atoms with van der Waals surface area (Å²) in [5.74, 6) is 0.825. The minimum Gasteiger partial charge on any atom is -0.496 e. The Morgan fingerprint density at radius 1 is 1.24 bits per heavy atom. The fourth-order valence-electron chi connectivity index (χ4n) is 1.63. The highest BCUT2D eigenvalue weighted by Crippen LogP contribution is 2.22. The molecule has 0 saturated carbocycles. The van der Waals surface area contributed by atoms with Gasteiger partial charge in [0.25, 0.3) is 0 Å². The Kier molecular flexibility index (Phi) is 4.70. The molecule has 0 aliphatic heterocycles. The largest absolute Gasteiger partial charge is 0.496 e. The second-order valence-electron chi connectivity index (χ2n) is 4.42. The molecule has 0 saturated heterocycles. The molecule has 0 aliphatic rings. The van der Waals surface area contributed by atoms with Crippen molar-refractivity contribution in [2.45, 2.75) is 33.8 Å². The minimum atomic E-state index is 0.0157. The second-order valence-corrected chi connectivity index (χ2v) is 4.42. The highest BCUT2D eigenvalue weighted by molar-refractivity contribution is 5.98. The number of methoxy groups -OCH3 is 1. The Morgan fingerprint density at radius 3 is 2.41 bits per heavy atom. The summed E-state index contributed by atoms with van der Waals surface area (Å²) >= 11 is 0. The fraction of sp³-hybridized carbons (Fsp3) is 0.500. The van der Waals surface area contributed by atoms with Crippen LogP contribution in [0.4, 0.5) is 0 Å². The van der Waals surface area contributed by atoms with Crippen molar-refractivity contribution in [3.63, 3.8) is 0 Å². The highest BCUT2D eigenvalue weighted by Gasteiger charge is 2.12. The van der Waals surface area contributed by atoms with Crippen LogP contribution in [0, 0.1) is 13.8 Å². The lowest BCUT2D eigenvalue weighted by Crippen LogP contribution is -2.14. The summed E-state index contributed by atoms with van der Waals surface area (Å²) in [5.41, 5.74) is 2.60. The van der Waals surface area contributed by atoms with E-state index in [2.05, 4.69) is 0 Å². The van der Waals surface area contributed by atoms with Crippen LogP contribution in [0.1, 0.15) is 35.3 Å². The molecule has 0 aromatic heterocycles. The van der Waals surface area contributed by atoms with Crippen molar-refractivity contribution in [3.05, 3.63) is 28.8 Å². The highest BCUT2D eigenvalue weighted by atomic mass is 16.5. The van der Waals surface area contributed by atoms with E-state index in [9.17, 15) is 4.79 Å². The molecule has 0 aliphatic carbocycles. The number of carbonyl (C=O) groups is 1. The smallest absolute Gasteiger partial charge is 0.188 e. The average Bonchev–Trinajstić information content (AvgIpc) is 2.28. The first kappa shape index (κ1) is 13.7. The first-order valence-electron chi connectivity index (χ1n) is 5.75. The third kappa shape index (κ3) is 3.56. The van der Waals surface area contributed by atoms with Crippen molar-refractivity contribution in [2.24, 2.45) is 0 Å². The van der Waals surface area contributed by atoms with Gasteiger partial charge in [-0.3, -0.25) is 4.79 Å². The molecule has 0 heterocycles. The van der Waals surface area contributed by atoms with Crippen LogP contribution in [-0.4, -0.2) is 25.6 Å². The zero-order valence-electron chi connectivity index (χ0n) is 11.2. The SMILES string of the molecule is COc1cc(C)c(C(=O)COC(C)C)cc1C. The van der Waals surface area contributed by atoms with Gasteiger partial charge in [-0.05, 0) is 51.0 Å². The van der Waals surface area contributed by atoms with E-state index < -0.39 is 0 Å². The number of hydrogen-bond donors (Lipinski definition) is 0. The standard InChI is InChI=1S/C14H20O3/c1-9(2)17-8-13(15)12-6-11(4)14(16-5)7-10(12)3/h6-7,9H,8H2,1-5H3. The van der Waals surface area contributed by atoms with Gasteiger partial charge in [0.05, 0.1) is 13.2 Å². The Morgan fingerprint density at radius 2 is 1.88 bits per heavy atom. The van der Waals surface area contributed by atoms with Gasteiger partial charge >= 0.3 is 0 Å². The maximum atomic E-state index is 12.0. The molecule has 0 N–H and O–H groups in total. The van der Waals surface area contributed by atoms with E-state index in [-0.39, 0.29) is 18.5 Å². The van der Waals surface area contributed by atoms with E-state index in [1.807, 2.05) is 39.8 Å². The number of aryl methyl sites for hydroxylation is 2. The van der Waals surface area contributed by atoms with Gasteiger partial charge in [0, 0.05) is 5.56 Å². The van der Waals surface area contributed by atoms with E-state index in [1.165, 1.54) is 0 Å². The molecule has 1 rings (SSSR count). The van der Waals surface area contributed by atoms with E-state index in [0.717, 1.165) is 16.9 Å². The lowest BCUT2D eigenvalue weighted by molar-refractivity contribution is 0.0584. The molecular formula is C14H20O3. The van der Waals surface area contributed by atoms with E-state index in [4.69, 9.17) is 9.47 Å². The van der Waals surface area contributed by atoms with Crippen molar-refractivity contribution in [1.82, 2.24) is 0 Å². The van der Waals surface area contributed by atoms with Gasteiger partial charge in [-0.25, -0.2) is 0 Å². The molecule has 0 atom stereocenters. The molecular weight excluding hydrogens is 216 g/mol. The molecule has 0 unspecified atom stereocenters. The number of ether oxygens (including phenoxy) is 2. The lowest BCUT2D eigenvalue weighted by Gasteiger charge is -2.11. The van der Waals surface area contributed by atoms with Crippen LogP contribution in [0.5, 0.6) is 5.75 Å². The zero-order chi connectivity index (χ0) is 13.0. The van der Waals surface area contributed by atoms with Gasteiger partial charge in [-0.2, -0.15) is 0 Å². The number of Topliss-reactive ketones (excluding diaryl/α,β-unsaturated/α-hetero) is 1. The molecule has 17 heavy (non-hydrogen) atoms. The summed E-state index contributed by atoms with van der Waals surface area (Å²) in [6.45, 7) is 7.80. The Bertz CT molecular complexity index is 408.